The van der Waals surface area contributed by atoms with Crippen LogP contribution in [0.3, 0.4) is 0 Å². The van der Waals surface area contributed by atoms with Crippen LogP contribution in [0.5, 0.6) is 0 Å². The van der Waals surface area contributed by atoms with E-state index in [4.69, 9.17) is 14.6 Å². The Kier molecular flexibility index (Phi) is 7.96. The third-order valence-electron chi connectivity index (χ3n) is 7.82. The van der Waals surface area contributed by atoms with E-state index in [0.29, 0.717) is 56.5 Å². The van der Waals surface area contributed by atoms with Crippen molar-refractivity contribution in [1.29, 1.82) is 0 Å². The van der Waals surface area contributed by atoms with Crippen molar-refractivity contribution in [3.05, 3.63) is 94.8 Å². The Morgan fingerprint density at radius 2 is 1.88 bits per heavy atom. The zero-order valence-electron chi connectivity index (χ0n) is 23.4. The highest BCUT2D eigenvalue weighted by Gasteiger charge is 2.35. The maximum absolute atomic E-state index is 14.1. The Hall–Kier alpha value is -4.19. The number of carbonyl (C=O) groups excluding carboxylic acids is 1. The van der Waals surface area contributed by atoms with Crippen LogP contribution in [0, 0.1) is 18.6 Å². The van der Waals surface area contributed by atoms with Crippen molar-refractivity contribution in [1.82, 2.24) is 25.0 Å². The highest BCUT2D eigenvalue weighted by molar-refractivity contribution is 5.91. The lowest BCUT2D eigenvalue weighted by atomic mass is 9.94. The molecular weight excluding hydrogens is 542 g/mol. The zero-order valence-corrected chi connectivity index (χ0v) is 23.4. The number of urea groups is 1. The molecule has 6 rings (SSSR count). The molecule has 1 fully saturated rings. The summed E-state index contributed by atoms with van der Waals surface area (Å²) in [5.41, 5.74) is 5.50. The first kappa shape index (κ1) is 28.0. The van der Waals surface area contributed by atoms with Gasteiger partial charge in [0.25, 0.3) is 0 Å². The van der Waals surface area contributed by atoms with Crippen molar-refractivity contribution >= 4 is 11.8 Å². The van der Waals surface area contributed by atoms with Gasteiger partial charge in [0.15, 0.2) is 0 Å². The summed E-state index contributed by atoms with van der Waals surface area (Å²) >= 11 is 0. The Morgan fingerprint density at radius 1 is 1.10 bits per heavy atom. The number of hydrogen-bond acceptors (Lipinski definition) is 6. The van der Waals surface area contributed by atoms with E-state index in [1.54, 1.807) is 18.0 Å². The number of aromatic nitrogens is 3. The third-order valence-corrected chi connectivity index (χ3v) is 7.82. The SMILES string of the molecule is COCCN1C[C@@H](NC(=O)Nc2c(C)c(-c3cnc4c(c3)COC4)nn2-c2ccccc2)[C@H](c2cc(F)cc(F)c2)C1. The van der Waals surface area contributed by atoms with Crippen LogP contribution >= 0.6 is 0 Å². The number of pyridine rings is 1. The summed E-state index contributed by atoms with van der Waals surface area (Å²) < 4.78 is 40.7. The fraction of sp³-hybridized carbons (Fsp3) is 0.323. The van der Waals surface area contributed by atoms with E-state index in [1.807, 2.05) is 43.3 Å². The topological polar surface area (TPSA) is 93.5 Å². The molecule has 0 saturated carbocycles. The molecule has 1 saturated heterocycles. The second-order valence-electron chi connectivity index (χ2n) is 10.7. The summed E-state index contributed by atoms with van der Waals surface area (Å²) in [6.07, 6.45) is 1.78. The lowest BCUT2D eigenvalue weighted by Gasteiger charge is -2.21. The lowest BCUT2D eigenvalue weighted by Crippen LogP contribution is -2.42. The predicted molar refractivity (Wildman–Crippen MR) is 153 cm³/mol. The summed E-state index contributed by atoms with van der Waals surface area (Å²) in [4.78, 5) is 20.2. The second-order valence-corrected chi connectivity index (χ2v) is 10.7. The van der Waals surface area contributed by atoms with Crippen LogP contribution in [-0.4, -0.2) is 65.1 Å². The predicted octanol–water partition coefficient (Wildman–Crippen LogP) is 4.79. The molecule has 0 spiro atoms. The Bertz CT molecular complexity index is 1580. The number of benzene rings is 2. The number of hydrogen-bond donors (Lipinski definition) is 2. The molecule has 2 aliphatic heterocycles. The fourth-order valence-electron chi connectivity index (χ4n) is 5.73. The molecule has 2 aromatic carbocycles. The van der Waals surface area contributed by atoms with Crippen LogP contribution in [0.25, 0.3) is 16.9 Å². The van der Waals surface area contributed by atoms with Crippen LogP contribution in [0.1, 0.15) is 28.3 Å². The number of nitrogens with zero attached hydrogens (tertiary/aromatic N) is 4. The van der Waals surface area contributed by atoms with E-state index < -0.39 is 23.7 Å². The van der Waals surface area contributed by atoms with Crippen LogP contribution in [0.2, 0.25) is 0 Å². The number of halogens is 2. The third kappa shape index (κ3) is 5.76. The number of para-hydroxylation sites is 1. The molecule has 218 valence electrons. The Labute approximate surface area is 242 Å². The van der Waals surface area contributed by atoms with Gasteiger partial charge in [-0.2, -0.15) is 5.10 Å². The number of carbonyl (C=O) groups is 1. The van der Waals surface area contributed by atoms with Crippen molar-refractivity contribution in [3.8, 4) is 16.9 Å². The minimum absolute atomic E-state index is 0.312. The van der Waals surface area contributed by atoms with E-state index in [0.717, 1.165) is 34.1 Å². The van der Waals surface area contributed by atoms with Crippen molar-refractivity contribution in [2.75, 3.05) is 38.7 Å². The normalized spacial score (nSPS) is 18.3. The maximum Gasteiger partial charge on any atom is 0.320 e. The zero-order chi connectivity index (χ0) is 29.2. The van der Waals surface area contributed by atoms with E-state index in [-0.39, 0.29) is 5.92 Å². The first-order chi connectivity index (χ1) is 20.4. The average molecular weight is 575 g/mol. The standard InChI is InChI=1S/C31H32F2N6O3/c1-19-29(21-10-22-17-42-18-28(22)34-14-21)37-39(25-6-4-3-5-7-25)30(19)36-31(40)35-27-16-38(8-9-41-2)15-26(27)20-11-23(32)13-24(33)12-20/h3-7,10-14,26-27H,8-9,15-18H2,1-2H3,(H2,35,36,40)/t26-,27+/m0/s1. The summed E-state index contributed by atoms with van der Waals surface area (Å²) in [5.74, 6) is -1.10. The molecule has 2 atom stereocenters. The highest BCUT2D eigenvalue weighted by atomic mass is 19.1. The molecule has 11 heteroatoms. The number of anilines is 1. The van der Waals surface area contributed by atoms with Gasteiger partial charge < -0.3 is 14.8 Å². The number of methoxy groups -OCH3 is 1. The van der Waals surface area contributed by atoms with Crippen molar-refractivity contribution in [2.24, 2.45) is 0 Å². The maximum atomic E-state index is 14.1. The molecule has 2 N–H and O–H groups in total. The lowest BCUT2D eigenvalue weighted by molar-refractivity contribution is 0.133. The molecule has 2 aliphatic rings. The minimum Gasteiger partial charge on any atom is -0.383 e. The molecule has 0 bridgehead atoms. The summed E-state index contributed by atoms with van der Waals surface area (Å²) in [7, 11) is 1.62. The van der Waals surface area contributed by atoms with Crippen molar-refractivity contribution in [2.45, 2.75) is 32.1 Å². The number of likely N-dealkylation sites (tertiary alicyclic amines) is 1. The number of ether oxygens (including phenoxy) is 2. The monoisotopic (exact) mass is 574 g/mol. The average Bonchev–Trinajstić information content (AvgIpc) is 3.69. The number of amides is 2. The molecule has 0 radical (unpaired) electrons. The Balaban J connectivity index is 1.29. The molecule has 42 heavy (non-hydrogen) atoms. The van der Waals surface area contributed by atoms with E-state index >= 15 is 0 Å². The molecule has 9 nitrogen and oxygen atoms in total. The number of fused-ring (bicyclic) bond motifs is 1. The molecular formula is C31H32F2N6O3. The molecule has 2 amide bonds. The first-order valence-electron chi connectivity index (χ1n) is 13.9. The number of rotatable bonds is 8. The van der Waals surface area contributed by atoms with Crippen molar-refractivity contribution in [3.63, 3.8) is 0 Å². The van der Waals surface area contributed by atoms with E-state index in [9.17, 15) is 13.6 Å². The van der Waals surface area contributed by atoms with Gasteiger partial charge in [0.2, 0.25) is 0 Å². The van der Waals surface area contributed by atoms with E-state index in [2.05, 4.69) is 20.5 Å². The fourth-order valence-corrected chi connectivity index (χ4v) is 5.73. The van der Waals surface area contributed by atoms with Crippen molar-refractivity contribution < 1.29 is 23.0 Å². The molecule has 0 unspecified atom stereocenters. The summed E-state index contributed by atoms with van der Waals surface area (Å²) in [6, 6.07) is 14.2. The van der Waals surface area contributed by atoms with Crippen LogP contribution in [-0.2, 0) is 22.7 Å². The quantitative estimate of drug-likeness (QED) is 0.315. The number of nitrogens with one attached hydrogen (secondary N) is 2. The van der Waals surface area contributed by atoms with Gasteiger partial charge in [0.1, 0.15) is 17.5 Å². The van der Waals surface area contributed by atoms with Gasteiger partial charge in [0, 0.05) is 61.6 Å². The molecule has 2 aromatic heterocycles. The highest BCUT2D eigenvalue weighted by Crippen LogP contribution is 2.33. The smallest absolute Gasteiger partial charge is 0.320 e. The van der Waals surface area contributed by atoms with Crippen LogP contribution in [0.15, 0.2) is 60.8 Å². The van der Waals surface area contributed by atoms with Gasteiger partial charge in [-0.15, -0.1) is 0 Å². The van der Waals surface area contributed by atoms with Gasteiger partial charge in [-0.3, -0.25) is 15.2 Å². The van der Waals surface area contributed by atoms with Gasteiger partial charge >= 0.3 is 6.03 Å². The van der Waals surface area contributed by atoms with Gasteiger partial charge in [-0.05, 0) is 42.8 Å². The van der Waals surface area contributed by atoms with E-state index in [1.165, 1.54) is 12.1 Å². The second kappa shape index (κ2) is 12.0. The first-order valence-corrected chi connectivity index (χ1v) is 13.9. The minimum atomic E-state index is -0.647. The summed E-state index contributed by atoms with van der Waals surface area (Å²) in [6.45, 7) is 5.07. The van der Waals surface area contributed by atoms with Crippen LogP contribution in [0.4, 0.5) is 19.4 Å². The Morgan fingerprint density at radius 3 is 2.64 bits per heavy atom. The molecule has 4 heterocycles. The summed E-state index contributed by atoms with van der Waals surface area (Å²) in [5, 5.41) is 11.0. The van der Waals surface area contributed by atoms with Gasteiger partial charge in [-0.1, -0.05) is 18.2 Å². The van der Waals surface area contributed by atoms with Gasteiger partial charge in [-0.25, -0.2) is 18.3 Å². The molecule has 4 aromatic rings. The molecule has 0 aliphatic carbocycles. The largest absolute Gasteiger partial charge is 0.383 e. The van der Waals surface area contributed by atoms with Crippen LogP contribution < -0.4 is 10.6 Å². The van der Waals surface area contributed by atoms with Gasteiger partial charge in [0.05, 0.1) is 42.9 Å².